The summed E-state index contributed by atoms with van der Waals surface area (Å²) in [6.07, 6.45) is 1.24. The molecule has 0 aliphatic rings. The van der Waals surface area contributed by atoms with Crippen molar-refractivity contribution in [2.24, 2.45) is 5.10 Å². The van der Waals surface area contributed by atoms with Gasteiger partial charge in [0.25, 0.3) is 15.9 Å². The normalized spacial score (nSPS) is 11.3. The van der Waals surface area contributed by atoms with Crippen LogP contribution in [0.3, 0.4) is 0 Å². The number of carbonyl (C=O) groups excluding carboxylic acids is 1. The molecule has 3 N–H and O–H groups in total. The summed E-state index contributed by atoms with van der Waals surface area (Å²) in [6.45, 7) is 0. The van der Waals surface area contributed by atoms with Crippen molar-refractivity contribution < 1.29 is 23.1 Å². The van der Waals surface area contributed by atoms with Crippen molar-refractivity contribution in [3.8, 4) is 0 Å². The third-order valence-electron chi connectivity index (χ3n) is 3.72. The van der Waals surface area contributed by atoms with Crippen molar-refractivity contribution in [3.63, 3.8) is 0 Å². The molecule has 0 radical (unpaired) electrons. The Morgan fingerprint density at radius 2 is 1.72 bits per heavy atom. The van der Waals surface area contributed by atoms with E-state index < -0.39 is 21.9 Å². The number of carboxylic acid groups (broad SMARTS) is 1. The maximum Gasteiger partial charge on any atom is 0.336 e. The van der Waals surface area contributed by atoms with E-state index in [0.29, 0.717) is 11.3 Å². The predicted octanol–water partition coefficient (Wildman–Crippen LogP) is 3.01. The van der Waals surface area contributed by atoms with Crippen molar-refractivity contribution in [2.75, 3.05) is 4.72 Å². The van der Waals surface area contributed by atoms with Crippen molar-refractivity contribution in [3.05, 3.63) is 82.7 Å². The lowest BCUT2D eigenvalue weighted by atomic mass is 10.1. The average Bonchev–Trinajstić information content (AvgIpc) is 3.24. The Morgan fingerprint density at radius 3 is 2.38 bits per heavy atom. The Balaban J connectivity index is 1.65. The summed E-state index contributed by atoms with van der Waals surface area (Å²) in [5.74, 6) is -1.62. The molecule has 29 heavy (non-hydrogen) atoms. The molecule has 10 heteroatoms. The molecule has 0 saturated heterocycles. The Hall–Kier alpha value is -3.50. The number of hydrogen-bond donors (Lipinski definition) is 3. The Kier molecular flexibility index (Phi) is 6.05. The highest BCUT2D eigenvalue weighted by Crippen LogP contribution is 2.20. The highest BCUT2D eigenvalue weighted by molar-refractivity contribution is 7.94. The Labute approximate surface area is 170 Å². The fourth-order valence-electron chi connectivity index (χ4n) is 2.34. The molecule has 8 nitrogen and oxygen atoms in total. The smallest absolute Gasteiger partial charge is 0.336 e. The second-order valence-electron chi connectivity index (χ2n) is 5.71. The van der Waals surface area contributed by atoms with Gasteiger partial charge in [0.05, 0.1) is 11.8 Å². The molecular weight excluding hydrogens is 414 g/mol. The minimum Gasteiger partial charge on any atom is -0.478 e. The van der Waals surface area contributed by atoms with Gasteiger partial charge in [0.2, 0.25) is 0 Å². The maximum absolute atomic E-state index is 12.2. The van der Waals surface area contributed by atoms with Crippen molar-refractivity contribution in [1.29, 1.82) is 0 Å². The van der Waals surface area contributed by atoms with E-state index in [0.717, 1.165) is 11.3 Å². The van der Waals surface area contributed by atoms with Crippen LogP contribution in [0.2, 0.25) is 0 Å². The molecule has 148 valence electrons. The van der Waals surface area contributed by atoms with Crippen LogP contribution in [0.25, 0.3) is 0 Å². The number of sulfonamides is 1. The largest absolute Gasteiger partial charge is 0.478 e. The summed E-state index contributed by atoms with van der Waals surface area (Å²) in [5, 5.41) is 14.6. The first-order valence-electron chi connectivity index (χ1n) is 8.19. The SMILES string of the molecule is O=C(N/N=C/c1ccccc1C(=O)O)c1ccc(NS(=O)(=O)c2cccs2)cc1. The van der Waals surface area contributed by atoms with Gasteiger partial charge in [0.1, 0.15) is 4.21 Å². The number of nitrogens with one attached hydrogen (secondary N) is 2. The summed E-state index contributed by atoms with van der Waals surface area (Å²) in [5.41, 5.74) is 3.28. The van der Waals surface area contributed by atoms with Crippen LogP contribution >= 0.6 is 11.3 Å². The number of benzene rings is 2. The van der Waals surface area contributed by atoms with Gasteiger partial charge < -0.3 is 5.11 Å². The quantitative estimate of drug-likeness (QED) is 0.393. The number of thiophene rings is 1. The maximum atomic E-state index is 12.2. The number of nitrogens with zero attached hydrogens (tertiary/aromatic N) is 1. The number of amides is 1. The van der Waals surface area contributed by atoms with Crippen molar-refractivity contribution in [1.82, 2.24) is 5.43 Å². The van der Waals surface area contributed by atoms with E-state index in [-0.39, 0.29) is 15.3 Å². The van der Waals surface area contributed by atoms with Gasteiger partial charge in [-0.1, -0.05) is 24.3 Å². The number of aromatic carboxylic acids is 1. The molecule has 1 amide bonds. The fourth-order valence-corrected chi connectivity index (χ4v) is 4.39. The molecule has 0 aliphatic heterocycles. The zero-order valence-corrected chi connectivity index (χ0v) is 16.4. The zero-order chi connectivity index (χ0) is 20.9. The first-order chi connectivity index (χ1) is 13.9. The molecule has 0 spiro atoms. The monoisotopic (exact) mass is 429 g/mol. The molecule has 3 rings (SSSR count). The highest BCUT2D eigenvalue weighted by Gasteiger charge is 2.15. The Bertz CT molecular complexity index is 1150. The summed E-state index contributed by atoms with van der Waals surface area (Å²) >= 11 is 1.10. The van der Waals surface area contributed by atoms with E-state index in [4.69, 9.17) is 5.11 Å². The molecule has 0 atom stereocenters. The number of anilines is 1. The van der Waals surface area contributed by atoms with E-state index in [2.05, 4.69) is 15.2 Å². The van der Waals surface area contributed by atoms with Crippen LogP contribution in [0.1, 0.15) is 26.3 Å². The van der Waals surface area contributed by atoms with Gasteiger partial charge in [-0.25, -0.2) is 18.6 Å². The molecule has 1 heterocycles. The van der Waals surface area contributed by atoms with E-state index in [1.165, 1.54) is 42.6 Å². The summed E-state index contributed by atoms with van der Waals surface area (Å²) in [6, 6.07) is 15.2. The van der Waals surface area contributed by atoms with E-state index in [1.54, 1.807) is 29.6 Å². The third kappa shape index (κ3) is 5.06. The first-order valence-corrected chi connectivity index (χ1v) is 10.6. The van der Waals surface area contributed by atoms with Crippen LogP contribution in [0, 0.1) is 0 Å². The number of carboxylic acids is 1. The van der Waals surface area contributed by atoms with Crippen molar-refractivity contribution in [2.45, 2.75) is 4.21 Å². The minimum absolute atomic E-state index is 0.0628. The summed E-state index contributed by atoms with van der Waals surface area (Å²) in [7, 11) is -3.66. The number of hydrogen-bond acceptors (Lipinski definition) is 6. The van der Waals surface area contributed by atoms with Gasteiger partial charge in [-0.2, -0.15) is 5.10 Å². The number of carbonyl (C=O) groups is 2. The summed E-state index contributed by atoms with van der Waals surface area (Å²) in [4.78, 5) is 23.3. The van der Waals surface area contributed by atoms with E-state index in [9.17, 15) is 18.0 Å². The van der Waals surface area contributed by atoms with Crippen LogP contribution in [0.15, 0.2) is 75.4 Å². The van der Waals surface area contributed by atoms with Crippen LogP contribution < -0.4 is 10.1 Å². The lowest BCUT2D eigenvalue weighted by Crippen LogP contribution is -2.18. The van der Waals surface area contributed by atoms with Gasteiger partial charge in [0, 0.05) is 16.8 Å². The second kappa shape index (κ2) is 8.67. The van der Waals surface area contributed by atoms with Gasteiger partial charge in [-0.15, -0.1) is 11.3 Å². The predicted molar refractivity (Wildman–Crippen MR) is 110 cm³/mol. The van der Waals surface area contributed by atoms with Crippen LogP contribution in [0.5, 0.6) is 0 Å². The molecule has 1 aromatic heterocycles. The first kappa shape index (κ1) is 20.2. The van der Waals surface area contributed by atoms with Gasteiger partial charge >= 0.3 is 5.97 Å². The molecule has 0 saturated carbocycles. The second-order valence-corrected chi connectivity index (χ2v) is 8.56. The van der Waals surface area contributed by atoms with Crippen LogP contribution in [-0.4, -0.2) is 31.6 Å². The third-order valence-corrected chi connectivity index (χ3v) is 6.50. The lowest BCUT2D eigenvalue weighted by Gasteiger charge is -2.07. The molecular formula is C19H15N3O5S2. The highest BCUT2D eigenvalue weighted by atomic mass is 32.2. The molecule has 0 aliphatic carbocycles. The summed E-state index contributed by atoms with van der Waals surface area (Å²) < 4.78 is 27.0. The topological polar surface area (TPSA) is 125 Å². The van der Waals surface area contributed by atoms with Gasteiger partial charge in [-0.05, 0) is 41.8 Å². The minimum atomic E-state index is -3.66. The molecule has 0 fully saturated rings. The van der Waals surface area contributed by atoms with Crippen LogP contribution in [-0.2, 0) is 10.0 Å². The zero-order valence-electron chi connectivity index (χ0n) is 14.8. The molecule has 0 bridgehead atoms. The number of hydrazone groups is 1. The van der Waals surface area contributed by atoms with E-state index in [1.807, 2.05) is 0 Å². The molecule has 3 aromatic rings. The number of rotatable bonds is 7. The fraction of sp³-hybridized carbons (Fsp3) is 0. The van der Waals surface area contributed by atoms with E-state index >= 15 is 0 Å². The molecule has 0 unspecified atom stereocenters. The lowest BCUT2D eigenvalue weighted by molar-refractivity contribution is 0.0696. The Morgan fingerprint density at radius 1 is 1.00 bits per heavy atom. The average molecular weight is 429 g/mol. The van der Waals surface area contributed by atoms with Gasteiger partial charge in [-0.3, -0.25) is 9.52 Å². The van der Waals surface area contributed by atoms with Gasteiger partial charge in [0.15, 0.2) is 0 Å². The van der Waals surface area contributed by atoms with Crippen molar-refractivity contribution >= 4 is 45.1 Å². The standard InChI is InChI=1S/C19H15N3O5S2/c23-18(21-20-12-14-4-1-2-5-16(14)19(24)25)13-7-9-15(10-8-13)22-29(26,27)17-6-3-11-28-17/h1-12,22H,(H,21,23)(H,24,25)/b20-12+. The van der Waals surface area contributed by atoms with Crippen LogP contribution in [0.4, 0.5) is 5.69 Å². The molecule has 2 aromatic carbocycles.